The van der Waals surface area contributed by atoms with Crippen LogP contribution < -0.4 is 5.32 Å². The smallest absolute Gasteiger partial charge is 0.257 e. The minimum absolute atomic E-state index is 0.218. The number of aromatic nitrogens is 3. The van der Waals surface area contributed by atoms with Crippen molar-refractivity contribution >= 4 is 11.7 Å². The quantitative estimate of drug-likeness (QED) is 0.803. The predicted octanol–water partition coefficient (Wildman–Crippen LogP) is 3.00. The Morgan fingerprint density at radius 1 is 1.09 bits per heavy atom. The Balaban J connectivity index is 1.74. The molecule has 22 heavy (non-hydrogen) atoms. The summed E-state index contributed by atoms with van der Waals surface area (Å²) < 4.78 is 5.09. The van der Waals surface area contributed by atoms with Gasteiger partial charge in [-0.2, -0.15) is 4.98 Å². The van der Waals surface area contributed by atoms with Gasteiger partial charge in [-0.1, -0.05) is 11.2 Å². The molecule has 6 nitrogen and oxygen atoms in total. The van der Waals surface area contributed by atoms with Crippen LogP contribution in [0.25, 0.3) is 11.5 Å². The number of carbonyl (C=O) groups is 1. The third kappa shape index (κ3) is 3.01. The van der Waals surface area contributed by atoms with E-state index >= 15 is 0 Å². The van der Waals surface area contributed by atoms with Crippen molar-refractivity contribution in [1.82, 2.24) is 15.1 Å². The number of nitrogens with zero attached hydrogens (tertiary/aromatic N) is 3. The normalized spacial score (nSPS) is 10.5. The van der Waals surface area contributed by atoms with Crippen LogP contribution in [0.3, 0.4) is 0 Å². The second kappa shape index (κ2) is 5.77. The van der Waals surface area contributed by atoms with Crippen LogP contribution >= 0.6 is 0 Å². The van der Waals surface area contributed by atoms with E-state index in [4.69, 9.17) is 4.52 Å². The highest BCUT2D eigenvalue weighted by molar-refractivity contribution is 6.03. The molecule has 0 saturated heterocycles. The zero-order valence-electron chi connectivity index (χ0n) is 12.2. The Labute approximate surface area is 127 Å². The Bertz CT molecular complexity index is 792. The van der Waals surface area contributed by atoms with E-state index in [1.165, 1.54) is 0 Å². The first-order valence-corrected chi connectivity index (χ1v) is 6.76. The van der Waals surface area contributed by atoms with Gasteiger partial charge < -0.3 is 9.84 Å². The average molecular weight is 294 g/mol. The van der Waals surface area contributed by atoms with E-state index < -0.39 is 0 Å². The van der Waals surface area contributed by atoms with Crippen molar-refractivity contribution in [2.45, 2.75) is 13.8 Å². The molecule has 0 aliphatic heterocycles. The molecular formula is C16H14N4O2. The molecule has 0 fully saturated rings. The van der Waals surface area contributed by atoms with E-state index in [0.717, 1.165) is 11.1 Å². The van der Waals surface area contributed by atoms with Crippen molar-refractivity contribution in [1.29, 1.82) is 0 Å². The SMILES string of the molecule is Cc1ccc(NC(=O)c2ccc(-c3nc(C)no3)cc2)nc1. The Hall–Kier alpha value is -3.02. The lowest BCUT2D eigenvalue weighted by atomic mass is 10.1. The van der Waals surface area contributed by atoms with Crippen molar-refractivity contribution in [3.63, 3.8) is 0 Å². The van der Waals surface area contributed by atoms with E-state index in [1.807, 2.05) is 13.0 Å². The molecule has 0 bridgehead atoms. The van der Waals surface area contributed by atoms with Crippen LogP contribution in [0, 0.1) is 13.8 Å². The summed E-state index contributed by atoms with van der Waals surface area (Å²) in [4.78, 5) is 20.4. The molecule has 2 heterocycles. The molecule has 0 radical (unpaired) electrons. The molecule has 0 saturated carbocycles. The van der Waals surface area contributed by atoms with Gasteiger partial charge in [-0.25, -0.2) is 4.98 Å². The summed E-state index contributed by atoms with van der Waals surface area (Å²) in [6.45, 7) is 3.69. The second-order valence-corrected chi connectivity index (χ2v) is 4.90. The van der Waals surface area contributed by atoms with Gasteiger partial charge in [-0.3, -0.25) is 4.79 Å². The molecule has 0 unspecified atom stereocenters. The third-order valence-electron chi connectivity index (χ3n) is 3.07. The highest BCUT2D eigenvalue weighted by Crippen LogP contribution is 2.18. The molecule has 3 rings (SSSR count). The minimum Gasteiger partial charge on any atom is -0.334 e. The maximum absolute atomic E-state index is 12.1. The number of hydrogen-bond acceptors (Lipinski definition) is 5. The van der Waals surface area contributed by atoms with Crippen molar-refractivity contribution in [3.05, 3.63) is 59.5 Å². The van der Waals surface area contributed by atoms with E-state index in [1.54, 1.807) is 43.5 Å². The predicted molar refractivity (Wildman–Crippen MR) is 81.4 cm³/mol. The van der Waals surface area contributed by atoms with Crippen molar-refractivity contribution in [2.75, 3.05) is 5.32 Å². The highest BCUT2D eigenvalue weighted by atomic mass is 16.5. The average Bonchev–Trinajstić information content (AvgIpc) is 2.96. The van der Waals surface area contributed by atoms with Crippen LogP contribution in [-0.4, -0.2) is 21.0 Å². The molecule has 1 amide bonds. The molecule has 0 aliphatic carbocycles. The molecule has 6 heteroatoms. The Morgan fingerprint density at radius 2 is 1.86 bits per heavy atom. The molecule has 0 aliphatic rings. The molecule has 110 valence electrons. The zero-order chi connectivity index (χ0) is 15.5. The third-order valence-corrected chi connectivity index (χ3v) is 3.07. The lowest BCUT2D eigenvalue weighted by molar-refractivity contribution is 0.102. The van der Waals surface area contributed by atoms with Gasteiger partial charge in [-0.05, 0) is 49.7 Å². The van der Waals surface area contributed by atoms with Crippen molar-refractivity contribution in [3.8, 4) is 11.5 Å². The molecule has 0 spiro atoms. The fourth-order valence-electron chi connectivity index (χ4n) is 1.91. The number of aryl methyl sites for hydroxylation is 2. The van der Waals surface area contributed by atoms with Crippen LogP contribution in [0.4, 0.5) is 5.82 Å². The van der Waals surface area contributed by atoms with Crippen molar-refractivity contribution < 1.29 is 9.32 Å². The molecular weight excluding hydrogens is 280 g/mol. The number of anilines is 1. The summed E-state index contributed by atoms with van der Waals surface area (Å²) in [5, 5.41) is 6.49. The lowest BCUT2D eigenvalue weighted by Crippen LogP contribution is -2.12. The number of carbonyl (C=O) groups excluding carboxylic acids is 1. The molecule has 1 N–H and O–H groups in total. The fourth-order valence-corrected chi connectivity index (χ4v) is 1.91. The van der Waals surface area contributed by atoms with E-state index in [9.17, 15) is 4.79 Å². The van der Waals surface area contributed by atoms with Gasteiger partial charge in [0.1, 0.15) is 5.82 Å². The first kappa shape index (κ1) is 13.9. The maximum atomic E-state index is 12.1. The number of pyridine rings is 1. The van der Waals surface area contributed by atoms with Gasteiger partial charge in [-0.15, -0.1) is 0 Å². The maximum Gasteiger partial charge on any atom is 0.257 e. The standard InChI is InChI=1S/C16H14N4O2/c1-10-3-8-14(17-9-10)19-15(21)12-4-6-13(7-5-12)16-18-11(2)20-22-16/h3-9H,1-2H3,(H,17,19,21). The summed E-state index contributed by atoms with van der Waals surface area (Å²) in [6.07, 6.45) is 1.70. The number of rotatable bonds is 3. The summed E-state index contributed by atoms with van der Waals surface area (Å²) in [7, 11) is 0. The van der Waals surface area contributed by atoms with Crippen LogP contribution in [0.5, 0.6) is 0 Å². The van der Waals surface area contributed by atoms with E-state index in [-0.39, 0.29) is 5.91 Å². The highest BCUT2D eigenvalue weighted by Gasteiger charge is 2.10. The topological polar surface area (TPSA) is 80.9 Å². The summed E-state index contributed by atoms with van der Waals surface area (Å²) >= 11 is 0. The Morgan fingerprint density at radius 3 is 2.45 bits per heavy atom. The van der Waals surface area contributed by atoms with Gasteiger partial charge in [0.25, 0.3) is 11.8 Å². The van der Waals surface area contributed by atoms with Gasteiger partial charge in [0, 0.05) is 17.3 Å². The Kier molecular flexibility index (Phi) is 3.65. The zero-order valence-corrected chi connectivity index (χ0v) is 12.2. The largest absolute Gasteiger partial charge is 0.334 e. The van der Waals surface area contributed by atoms with Gasteiger partial charge in [0.05, 0.1) is 0 Å². The second-order valence-electron chi connectivity index (χ2n) is 4.90. The first-order chi connectivity index (χ1) is 10.6. The molecule has 2 aromatic heterocycles. The van der Waals surface area contributed by atoms with Gasteiger partial charge in [0.2, 0.25) is 0 Å². The number of nitrogens with one attached hydrogen (secondary N) is 1. The lowest BCUT2D eigenvalue weighted by Gasteiger charge is -2.05. The fraction of sp³-hybridized carbons (Fsp3) is 0.125. The van der Waals surface area contributed by atoms with Gasteiger partial charge >= 0.3 is 0 Å². The van der Waals surface area contributed by atoms with Crippen molar-refractivity contribution in [2.24, 2.45) is 0 Å². The van der Waals surface area contributed by atoms with Crippen LogP contribution in [0.2, 0.25) is 0 Å². The molecule has 3 aromatic rings. The van der Waals surface area contributed by atoms with Crippen LogP contribution in [-0.2, 0) is 0 Å². The minimum atomic E-state index is -0.218. The number of amides is 1. The van der Waals surface area contributed by atoms with Crippen LogP contribution in [0.15, 0.2) is 47.1 Å². The number of hydrogen-bond donors (Lipinski definition) is 1. The number of benzene rings is 1. The first-order valence-electron chi connectivity index (χ1n) is 6.76. The van der Waals surface area contributed by atoms with Gasteiger partial charge in [0.15, 0.2) is 5.82 Å². The summed E-state index contributed by atoms with van der Waals surface area (Å²) in [5.74, 6) is 1.31. The van der Waals surface area contributed by atoms with Crippen LogP contribution in [0.1, 0.15) is 21.7 Å². The summed E-state index contributed by atoms with van der Waals surface area (Å²) in [6, 6.07) is 10.6. The monoisotopic (exact) mass is 294 g/mol. The van der Waals surface area contributed by atoms with E-state index in [0.29, 0.717) is 23.1 Å². The summed E-state index contributed by atoms with van der Waals surface area (Å²) in [5.41, 5.74) is 2.34. The molecule has 1 aromatic carbocycles. The molecule has 0 atom stereocenters. The van der Waals surface area contributed by atoms with E-state index in [2.05, 4.69) is 20.4 Å².